The zero-order chi connectivity index (χ0) is 9.90. The van der Waals surface area contributed by atoms with Gasteiger partial charge in [0.05, 0.1) is 12.4 Å². The molecule has 4 nitrogen and oxygen atoms in total. The second-order valence-electron chi connectivity index (χ2n) is 3.50. The van der Waals surface area contributed by atoms with E-state index in [9.17, 15) is 8.42 Å². The maximum atomic E-state index is 11.6. The van der Waals surface area contributed by atoms with E-state index in [1.54, 1.807) is 0 Å². The van der Waals surface area contributed by atoms with Gasteiger partial charge in [-0.25, -0.2) is 8.42 Å². The molecule has 0 amide bonds. The average molecular weight is 207 g/mol. The molecule has 1 saturated heterocycles. The molecule has 0 radical (unpaired) electrons. The number of aliphatic hydroxyl groups is 1. The molecule has 0 spiro atoms. The lowest BCUT2D eigenvalue weighted by molar-refractivity contribution is 0.262. The van der Waals surface area contributed by atoms with E-state index >= 15 is 0 Å². The molecular weight excluding hydrogens is 190 g/mol. The molecule has 0 aromatic heterocycles. The fourth-order valence-electron chi connectivity index (χ4n) is 1.72. The van der Waals surface area contributed by atoms with E-state index in [1.165, 1.54) is 4.31 Å². The predicted octanol–water partition coefficient (Wildman–Crippen LogP) is 0.183. The van der Waals surface area contributed by atoms with Crippen molar-refractivity contribution in [3.63, 3.8) is 0 Å². The molecule has 1 rings (SSSR count). The van der Waals surface area contributed by atoms with Gasteiger partial charge < -0.3 is 5.11 Å². The van der Waals surface area contributed by atoms with Crippen molar-refractivity contribution in [3.05, 3.63) is 0 Å². The van der Waals surface area contributed by atoms with Gasteiger partial charge in [0.15, 0.2) is 0 Å². The van der Waals surface area contributed by atoms with Crippen LogP contribution < -0.4 is 0 Å². The highest BCUT2D eigenvalue weighted by Crippen LogP contribution is 2.19. The summed E-state index contributed by atoms with van der Waals surface area (Å²) in [6.07, 6.45) is 2.98. The molecule has 0 aliphatic carbocycles. The summed E-state index contributed by atoms with van der Waals surface area (Å²) in [5.74, 6) is -0.142. The third-order valence-corrected chi connectivity index (χ3v) is 4.40. The molecule has 1 fully saturated rings. The summed E-state index contributed by atoms with van der Waals surface area (Å²) in [4.78, 5) is 0. The summed E-state index contributed by atoms with van der Waals surface area (Å²) in [6, 6.07) is 0.102. The molecule has 0 bridgehead atoms. The Morgan fingerprint density at radius 3 is 2.69 bits per heavy atom. The minimum Gasteiger partial charge on any atom is -0.395 e. The number of nitrogens with zero attached hydrogens (tertiary/aromatic N) is 1. The molecule has 0 aromatic carbocycles. The van der Waals surface area contributed by atoms with E-state index < -0.39 is 10.0 Å². The zero-order valence-electron chi connectivity index (χ0n) is 7.94. The van der Waals surface area contributed by atoms with Crippen molar-refractivity contribution in [2.75, 3.05) is 18.9 Å². The van der Waals surface area contributed by atoms with E-state index in [-0.39, 0.29) is 18.4 Å². The van der Waals surface area contributed by atoms with E-state index in [2.05, 4.69) is 0 Å². The highest BCUT2D eigenvalue weighted by molar-refractivity contribution is 7.89. The van der Waals surface area contributed by atoms with Gasteiger partial charge in [-0.15, -0.1) is 0 Å². The first-order chi connectivity index (χ1) is 6.08. The minimum absolute atomic E-state index is 0.102. The lowest BCUT2D eigenvalue weighted by Gasteiger charge is -2.32. The minimum atomic E-state index is -3.20. The Balaban J connectivity index is 2.68. The summed E-state index contributed by atoms with van der Waals surface area (Å²) in [5, 5.41) is 8.61. The van der Waals surface area contributed by atoms with Crippen molar-refractivity contribution in [1.29, 1.82) is 0 Å². The van der Waals surface area contributed by atoms with Crippen LogP contribution in [0.1, 0.15) is 26.2 Å². The molecule has 5 heteroatoms. The fraction of sp³-hybridized carbons (Fsp3) is 1.00. The normalized spacial score (nSPS) is 26.2. The highest BCUT2D eigenvalue weighted by Gasteiger charge is 2.28. The van der Waals surface area contributed by atoms with Crippen molar-refractivity contribution in [2.45, 2.75) is 32.2 Å². The van der Waals surface area contributed by atoms with Crippen LogP contribution >= 0.6 is 0 Å². The Bertz CT molecular complexity index is 250. The third kappa shape index (κ3) is 2.65. The van der Waals surface area contributed by atoms with Gasteiger partial charge in [-0.05, 0) is 19.8 Å². The van der Waals surface area contributed by atoms with Crippen LogP contribution in [0.4, 0.5) is 0 Å². The van der Waals surface area contributed by atoms with Gasteiger partial charge in [-0.3, -0.25) is 0 Å². The smallest absolute Gasteiger partial charge is 0.216 e. The van der Waals surface area contributed by atoms with E-state index in [0.29, 0.717) is 6.54 Å². The first-order valence-corrected chi connectivity index (χ1v) is 6.29. The third-order valence-electron chi connectivity index (χ3n) is 2.45. The fourth-order valence-corrected chi connectivity index (χ4v) is 3.24. The van der Waals surface area contributed by atoms with Crippen LogP contribution in [0.2, 0.25) is 0 Å². The number of sulfonamides is 1. The molecule has 0 saturated carbocycles. The van der Waals surface area contributed by atoms with Gasteiger partial charge in [0.25, 0.3) is 0 Å². The van der Waals surface area contributed by atoms with E-state index in [1.807, 2.05) is 6.92 Å². The van der Waals surface area contributed by atoms with Gasteiger partial charge >= 0.3 is 0 Å². The standard InChI is InChI=1S/C8H17NO3S/c1-8-4-2-3-5-9(8)13(11,12)7-6-10/h8,10H,2-7H2,1H3. The summed E-state index contributed by atoms with van der Waals surface area (Å²) >= 11 is 0. The van der Waals surface area contributed by atoms with Gasteiger partial charge in [0.2, 0.25) is 10.0 Å². The van der Waals surface area contributed by atoms with Gasteiger partial charge in [0.1, 0.15) is 0 Å². The van der Waals surface area contributed by atoms with Crippen LogP contribution in [0.25, 0.3) is 0 Å². The molecule has 1 unspecified atom stereocenters. The lowest BCUT2D eigenvalue weighted by Crippen LogP contribution is -2.43. The Morgan fingerprint density at radius 2 is 2.15 bits per heavy atom. The van der Waals surface area contributed by atoms with E-state index in [0.717, 1.165) is 19.3 Å². The van der Waals surface area contributed by atoms with Crippen molar-refractivity contribution in [1.82, 2.24) is 4.31 Å². The molecule has 78 valence electrons. The summed E-state index contributed by atoms with van der Waals surface area (Å²) in [6.45, 7) is 2.25. The first kappa shape index (κ1) is 10.9. The Morgan fingerprint density at radius 1 is 1.46 bits per heavy atom. The molecule has 1 atom stereocenters. The van der Waals surface area contributed by atoms with Crippen LogP contribution in [-0.4, -0.2) is 42.8 Å². The maximum Gasteiger partial charge on any atom is 0.216 e. The monoisotopic (exact) mass is 207 g/mol. The van der Waals surface area contributed by atoms with Crippen LogP contribution in [0.15, 0.2) is 0 Å². The maximum absolute atomic E-state index is 11.6. The van der Waals surface area contributed by atoms with Crippen molar-refractivity contribution >= 4 is 10.0 Å². The number of rotatable bonds is 3. The Kier molecular flexibility index (Phi) is 3.70. The molecule has 1 heterocycles. The largest absolute Gasteiger partial charge is 0.395 e. The van der Waals surface area contributed by atoms with Crippen LogP contribution in [0.5, 0.6) is 0 Å². The topological polar surface area (TPSA) is 57.6 Å². The Hall–Kier alpha value is -0.130. The summed E-state index contributed by atoms with van der Waals surface area (Å²) in [5.41, 5.74) is 0. The molecule has 13 heavy (non-hydrogen) atoms. The summed E-state index contributed by atoms with van der Waals surface area (Å²) < 4.78 is 24.6. The average Bonchev–Trinajstić information content (AvgIpc) is 2.04. The van der Waals surface area contributed by atoms with Gasteiger partial charge in [0, 0.05) is 12.6 Å². The molecule has 1 aliphatic heterocycles. The van der Waals surface area contributed by atoms with Crippen molar-refractivity contribution in [3.8, 4) is 0 Å². The molecule has 1 N–H and O–H groups in total. The Labute approximate surface area is 79.6 Å². The molecule has 1 aliphatic rings. The molecule has 0 aromatic rings. The predicted molar refractivity (Wildman–Crippen MR) is 50.9 cm³/mol. The highest BCUT2D eigenvalue weighted by atomic mass is 32.2. The van der Waals surface area contributed by atoms with Crippen LogP contribution in [0, 0.1) is 0 Å². The number of aliphatic hydroxyl groups excluding tert-OH is 1. The number of hydrogen-bond acceptors (Lipinski definition) is 3. The van der Waals surface area contributed by atoms with Gasteiger partial charge in [-0.1, -0.05) is 6.42 Å². The second kappa shape index (κ2) is 4.39. The number of piperidine rings is 1. The van der Waals surface area contributed by atoms with Crippen molar-refractivity contribution in [2.24, 2.45) is 0 Å². The first-order valence-electron chi connectivity index (χ1n) is 4.68. The van der Waals surface area contributed by atoms with Crippen molar-refractivity contribution < 1.29 is 13.5 Å². The number of hydrogen-bond donors (Lipinski definition) is 1. The lowest BCUT2D eigenvalue weighted by atomic mass is 10.1. The van der Waals surface area contributed by atoms with Crippen LogP contribution in [-0.2, 0) is 10.0 Å². The van der Waals surface area contributed by atoms with Crippen LogP contribution in [0.3, 0.4) is 0 Å². The SMILES string of the molecule is CC1CCCCN1S(=O)(=O)CCO. The van der Waals surface area contributed by atoms with E-state index in [4.69, 9.17) is 5.11 Å². The van der Waals surface area contributed by atoms with Gasteiger partial charge in [-0.2, -0.15) is 4.31 Å². The molecular formula is C8H17NO3S. The second-order valence-corrected chi connectivity index (χ2v) is 5.54. The summed E-state index contributed by atoms with van der Waals surface area (Å²) in [7, 11) is -3.20. The quantitative estimate of drug-likeness (QED) is 0.718. The zero-order valence-corrected chi connectivity index (χ0v) is 8.76.